The molecule has 1 aliphatic carbocycles. The minimum absolute atomic E-state index is 0.288. The molecule has 0 heterocycles. The first-order chi connectivity index (χ1) is 11.8. The van der Waals surface area contributed by atoms with Crippen LogP contribution in [-0.2, 0) is 19.6 Å². The van der Waals surface area contributed by atoms with E-state index in [0.717, 1.165) is 11.8 Å². The van der Waals surface area contributed by atoms with Crippen LogP contribution in [0.5, 0.6) is 0 Å². The molecule has 136 valence electrons. The van der Waals surface area contributed by atoms with Crippen molar-refractivity contribution in [3.05, 3.63) is 41.3 Å². The van der Waals surface area contributed by atoms with Gasteiger partial charge in [-0.05, 0) is 38.3 Å². The van der Waals surface area contributed by atoms with Crippen LogP contribution in [0.15, 0.2) is 35.7 Å². The summed E-state index contributed by atoms with van der Waals surface area (Å²) in [5.41, 5.74) is -0.544. The molecule has 0 saturated heterocycles. The van der Waals surface area contributed by atoms with Gasteiger partial charge in [0.25, 0.3) is 10.0 Å². The van der Waals surface area contributed by atoms with E-state index >= 15 is 0 Å². The standard InChI is InChI=1S/C18H24N2O4S/c1-3-20(4-2)17(22)18(12-8-13-18)16(21)19-25(23,24)14-11-15-9-6-5-7-10-15/h5-7,9-11,14H,3-4,8,12-13H2,1-2H3,(H,19,21). The second-order valence-electron chi connectivity index (χ2n) is 6.10. The van der Waals surface area contributed by atoms with Crippen LogP contribution in [0.25, 0.3) is 6.08 Å². The third-order valence-electron chi connectivity index (χ3n) is 4.58. The Morgan fingerprint density at radius 3 is 2.24 bits per heavy atom. The van der Waals surface area contributed by atoms with Crippen molar-refractivity contribution < 1.29 is 18.0 Å². The molecule has 25 heavy (non-hydrogen) atoms. The molecule has 0 bridgehead atoms. The van der Waals surface area contributed by atoms with E-state index in [2.05, 4.69) is 4.72 Å². The van der Waals surface area contributed by atoms with Crippen LogP contribution in [0.1, 0.15) is 38.7 Å². The first kappa shape index (κ1) is 19.2. The maximum absolute atomic E-state index is 12.7. The lowest BCUT2D eigenvalue weighted by Crippen LogP contribution is -2.57. The van der Waals surface area contributed by atoms with Gasteiger partial charge >= 0.3 is 0 Å². The van der Waals surface area contributed by atoms with E-state index in [1.165, 1.54) is 6.08 Å². The molecule has 1 saturated carbocycles. The Kier molecular flexibility index (Phi) is 6.00. The first-order valence-electron chi connectivity index (χ1n) is 8.44. The predicted molar refractivity (Wildman–Crippen MR) is 96.8 cm³/mol. The van der Waals surface area contributed by atoms with Crippen molar-refractivity contribution in [2.24, 2.45) is 5.41 Å². The highest BCUT2D eigenvalue weighted by Gasteiger charge is 2.52. The Morgan fingerprint density at radius 2 is 1.76 bits per heavy atom. The molecule has 0 spiro atoms. The number of carbonyl (C=O) groups is 2. The van der Waals surface area contributed by atoms with Crippen LogP contribution in [0.3, 0.4) is 0 Å². The van der Waals surface area contributed by atoms with Gasteiger partial charge in [0.2, 0.25) is 11.8 Å². The lowest BCUT2D eigenvalue weighted by Gasteiger charge is -2.41. The van der Waals surface area contributed by atoms with Crippen molar-refractivity contribution in [1.29, 1.82) is 0 Å². The second kappa shape index (κ2) is 7.82. The largest absolute Gasteiger partial charge is 0.342 e. The summed E-state index contributed by atoms with van der Waals surface area (Å²) in [5.74, 6) is -1.02. The second-order valence-corrected chi connectivity index (χ2v) is 7.67. The summed E-state index contributed by atoms with van der Waals surface area (Å²) in [6, 6.07) is 8.91. The first-order valence-corrected chi connectivity index (χ1v) is 9.99. The Hall–Kier alpha value is -2.15. The Morgan fingerprint density at radius 1 is 1.16 bits per heavy atom. The minimum atomic E-state index is -3.96. The van der Waals surface area contributed by atoms with Crippen LogP contribution in [0, 0.1) is 5.41 Å². The fraction of sp³-hybridized carbons (Fsp3) is 0.444. The molecule has 1 aliphatic rings. The van der Waals surface area contributed by atoms with Gasteiger partial charge in [0.1, 0.15) is 5.41 Å². The zero-order valence-electron chi connectivity index (χ0n) is 14.6. The average molecular weight is 364 g/mol. The summed E-state index contributed by atoms with van der Waals surface area (Å²) in [7, 11) is -3.96. The van der Waals surface area contributed by atoms with Crippen LogP contribution in [0.2, 0.25) is 0 Å². The summed E-state index contributed by atoms with van der Waals surface area (Å²) in [4.78, 5) is 26.8. The quantitative estimate of drug-likeness (QED) is 0.752. The van der Waals surface area contributed by atoms with Crippen LogP contribution in [0.4, 0.5) is 0 Å². The Bertz CT molecular complexity index is 749. The van der Waals surface area contributed by atoms with E-state index in [0.29, 0.717) is 31.5 Å². The van der Waals surface area contributed by atoms with Crippen LogP contribution >= 0.6 is 0 Å². The van der Waals surface area contributed by atoms with E-state index in [4.69, 9.17) is 0 Å². The Balaban J connectivity index is 2.13. The number of hydrogen-bond acceptors (Lipinski definition) is 4. The smallest absolute Gasteiger partial charge is 0.257 e. The van der Waals surface area contributed by atoms with E-state index in [1.807, 2.05) is 19.9 Å². The van der Waals surface area contributed by atoms with Gasteiger partial charge in [-0.15, -0.1) is 0 Å². The molecule has 1 aromatic carbocycles. The van der Waals surface area contributed by atoms with Crippen molar-refractivity contribution in [3.8, 4) is 0 Å². The zero-order valence-corrected chi connectivity index (χ0v) is 15.4. The zero-order chi connectivity index (χ0) is 18.5. The molecular weight excluding hydrogens is 340 g/mol. The van der Waals surface area contributed by atoms with Crippen molar-refractivity contribution >= 4 is 27.9 Å². The van der Waals surface area contributed by atoms with Gasteiger partial charge in [-0.3, -0.25) is 9.59 Å². The predicted octanol–water partition coefficient (Wildman–Crippen LogP) is 2.14. The van der Waals surface area contributed by atoms with Crippen molar-refractivity contribution in [3.63, 3.8) is 0 Å². The summed E-state index contributed by atoms with van der Waals surface area (Å²) in [6.07, 6.45) is 2.91. The summed E-state index contributed by atoms with van der Waals surface area (Å²) in [6.45, 7) is 4.66. The van der Waals surface area contributed by atoms with E-state index < -0.39 is 21.3 Å². The third-order valence-corrected chi connectivity index (χ3v) is 5.54. The molecule has 0 unspecified atom stereocenters. The normalized spacial score (nSPS) is 16.2. The van der Waals surface area contributed by atoms with Gasteiger partial charge in [-0.1, -0.05) is 36.8 Å². The molecule has 2 amide bonds. The molecule has 6 nitrogen and oxygen atoms in total. The Labute approximate surface area is 149 Å². The SMILES string of the molecule is CCN(CC)C(=O)C1(C(=O)NS(=O)(=O)C=Cc2ccccc2)CCC1. The van der Waals surface area contributed by atoms with Gasteiger partial charge in [0.15, 0.2) is 0 Å². The third kappa shape index (κ3) is 4.28. The van der Waals surface area contributed by atoms with Gasteiger partial charge in [0, 0.05) is 13.1 Å². The van der Waals surface area contributed by atoms with Gasteiger partial charge < -0.3 is 4.90 Å². The van der Waals surface area contributed by atoms with E-state index in [1.54, 1.807) is 29.2 Å². The minimum Gasteiger partial charge on any atom is -0.342 e. The maximum Gasteiger partial charge on any atom is 0.257 e. The molecule has 0 aromatic heterocycles. The van der Waals surface area contributed by atoms with Crippen molar-refractivity contribution in [2.75, 3.05) is 13.1 Å². The number of rotatable bonds is 7. The number of sulfonamides is 1. The number of nitrogens with zero attached hydrogens (tertiary/aromatic N) is 1. The summed E-state index contributed by atoms with van der Waals surface area (Å²) < 4.78 is 26.4. The molecule has 7 heteroatoms. The summed E-state index contributed by atoms with van der Waals surface area (Å²) in [5, 5.41) is 0.953. The molecule has 1 aromatic rings. The fourth-order valence-electron chi connectivity index (χ4n) is 2.88. The van der Waals surface area contributed by atoms with E-state index in [-0.39, 0.29) is 5.91 Å². The monoisotopic (exact) mass is 364 g/mol. The van der Waals surface area contributed by atoms with Crippen molar-refractivity contribution in [2.45, 2.75) is 33.1 Å². The highest BCUT2D eigenvalue weighted by atomic mass is 32.2. The molecule has 2 rings (SSSR count). The molecular formula is C18H24N2O4S. The van der Waals surface area contributed by atoms with Crippen LogP contribution in [-0.4, -0.2) is 38.2 Å². The van der Waals surface area contributed by atoms with E-state index in [9.17, 15) is 18.0 Å². The van der Waals surface area contributed by atoms with Gasteiger partial charge in [0.05, 0.1) is 5.41 Å². The molecule has 0 aliphatic heterocycles. The average Bonchev–Trinajstić information content (AvgIpc) is 2.54. The topological polar surface area (TPSA) is 83.6 Å². The van der Waals surface area contributed by atoms with Crippen LogP contribution < -0.4 is 4.72 Å². The molecule has 0 radical (unpaired) electrons. The van der Waals surface area contributed by atoms with Crippen molar-refractivity contribution in [1.82, 2.24) is 9.62 Å². The number of carbonyl (C=O) groups excluding carboxylic acids is 2. The van der Waals surface area contributed by atoms with Gasteiger partial charge in [-0.2, -0.15) is 0 Å². The molecule has 1 fully saturated rings. The number of benzene rings is 1. The van der Waals surface area contributed by atoms with Gasteiger partial charge in [-0.25, -0.2) is 13.1 Å². The number of amides is 2. The fourth-order valence-corrected chi connectivity index (χ4v) is 3.73. The molecule has 1 N–H and O–H groups in total. The lowest BCUT2D eigenvalue weighted by molar-refractivity contribution is -0.155. The maximum atomic E-state index is 12.7. The highest BCUT2D eigenvalue weighted by Crippen LogP contribution is 2.43. The summed E-state index contributed by atoms with van der Waals surface area (Å²) >= 11 is 0. The molecule has 0 atom stereocenters. The number of hydrogen-bond donors (Lipinski definition) is 1. The lowest BCUT2D eigenvalue weighted by atomic mass is 9.67. The number of nitrogens with one attached hydrogen (secondary N) is 1. The highest BCUT2D eigenvalue weighted by molar-refractivity contribution is 7.93.